The number of pyridine rings is 1. The molecule has 0 aliphatic heterocycles. The number of benzene rings is 1. The second kappa shape index (κ2) is 4.68. The maximum Gasteiger partial charge on any atom is 0.150 e. The lowest BCUT2D eigenvalue weighted by atomic mass is 10.0. The molecule has 3 heteroatoms. The van der Waals surface area contributed by atoms with E-state index >= 15 is 0 Å². The molecule has 0 amide bonds. The Hall–Kier alpha value is -2.00. The van der Waals surface area contributed by atoms with Gasteiger partial charge in [0.25, 0.3) is 0 Å². The van der Waals surface area contributed by atoms with Crippen molar-refractivity contribution >= 4 is 6.29 Å². The van der Waals surface area contributed by atoms with Crippen molar-refractivity contribution in [3.63, 3.8) is 0 Å². The zero-order chi connectivity index (χ0) is 11.4. The quantitative estimate of drug-likeness (QED) is 0.792. The average molecular weight is 212 g/mol. The normalized spacial score (nSPS) is 10.1. The Morgan fingerprint density at radius 1 is 1.25 bits per heavy atom. The highest BCUT2D eigenvalue weighted by molar-refractivity contribution is 5.78. The van der Waals surface area contributed by atoms with Gasteiger partial charge in [-0.25, -0.2) is 0 Å². The molecule has 0 unspecified atom stereocenters. The highest BCUT2D eigenvalue weighted by atomic mass is 16.1. The van der Waals surface area contributed by atoms with Crippen molar-refractivity contribution in [2.24, 2.45) is 5.73 Å². The minimum Gasteiger partial charge on any atom is -0.326 e. The average Bonchev–Trinajstić information content (AvgIpc) is 2.38. The van der Waals surface area contributed by atoms with Crippen LogP contribution in [0.2, 0.25) is 0 Å². The fourth-order valence-corrected chi connectivity index (χ4v) is 1.62. The summed E-state index contributed by atoms with van der Waals surface area (Å²) >= 11 is 0. The van der Waals surface area contributed by atoms with E-state index in [-0.39, 0.29) is 0 Å². The summed E-state index contributed by atoms with van der Waals surface area (Å²) in [5.41, 5.74) is 9.07. The number of aromatic nitrogens is 1. The van der Waals surface area contributed by atoms with Crippen LogP contribution < -0.4 is 5.73 Å². The molecule has 0 aliphatic rings. The predicted octanol–water partition coefficient (Wildman–Crippen LogP) is 2.02. The zero-order valence-corrected chi connectivity index (χ0v) is 8.76. The van der Waals surface area contributed by atoms with Crippen LogP contribution in [0.3, 0.4) is 0 Å². The lowest BCUT2D eigenvalue weighted by Crippen LogP contribution is -1.99. The Morgan fingerprint density at radius 3 is 2.81 bits per heavy atom. The molecule has 0 radical (unpaired) electrons. The van der Waals surface area contributed by atoms with Crippen LogP contribution in [0.25, 0.3) is 11.3 Å². The van der Waals surface area contributed by atoms with Gasteiger partial charge in [-0.1, -0.05) is 24.3 Å². The van der Waals surface area contributed by atoms with Gasteiger partial charge in [0.2, 0.25) is 0 Å². The molecule has 1 aromatic heterocycles. The highest BCUT2D eigenvalue weighted by Gasteiger charge is 2.04. The summed E-state index contributed by atoms with van der Waals surface area (Å²) in [5.74, 6) is 0. The van der Waals surface area contributed by atoms with Gasteiger partial charge in [-0.05, 0) is 17.7 Å². The van der Waals surface area contributed by atoms with Gasteiger partial charge in [0.05, 0.1) is 5.69 Å². The number of rotatable bonds is 3. The Labute approximate surface area is 93.9 Å². The molecule has 0 aliphatic carbocycles. The van der Waals surface area contributed by atoms with Crippen molar-refractivity contribution < 1.29 is 4.79 Å². The highest BCUT2D eigenvalue weighted by Crippen LogP contribution is 2.21. The van der Waals surface area contributed by atoms with Crippen molar-refractivity contribution in [3.05, 3.63) is 53.7 Å². The maximum atomic E-state index is 10.7. The van der Waals surface area contributed by atoms with Gasteiger partial charge < -0.3 is 5.73 Å². The van der Waals surface area contributed by atoms with Crippen LogP contribution in [0.1, 0.15) is 15.9 Å². The first kappa shape index (κ1) is 10.5. The second-order valence-corrected chi connectivity index (χ2v) is 3.45. The van der Waals surface area contributed by atoms with Gasteiger partial charge in [0.1, 0.15) is 6.29 Å². The van der Waals surface area contributed by atoms with E-state index in [0.29, 0.717) is 12.1 Å². The molecule has 1 heterocycles. The summed E-state index contributed by atoms with van der Waals surface area (Å²) in [6, 6.07) is 11.2. The summed E-state index contributed by atoms with van der Waals surface area (Å²) in [6.07, 6.45) is 2.45. The van der Waals surface area contributed by atoms with E-state index in [0.717, 1.165) is 23.1 Å². The number of carbonyl (C=O) groups is 1. The predicted molar refractivity (Wildman–Crippen MR) is 63.0 cm³/mol. The third-order valence-corrected chi connectivity index (χ3v) is 2.43. The SMILES string of the molecule is NCc1ccccc1-c1cc(C=O)ccn1. The molecule has 3 nitrogen and oxygen atoms in total. The molecule has 2 N–H and O–H groups in total. The first-order valence-corrected chi connectivity index (χ1v) is 5.04. The van der Waals surface area contributed by atoms with Gasteiger partial charge in [0, 0.05) is 23.9 Å². The zero-order valence-electron chi connectivity index (χ0n) is 8.76. The second-order valence-electron chi connectivity index (χ2n) is 3.45. The van der Waals surface area contributed by atoms with Crippen molar-refractivity contribution in [2.45, 2.75) is 6.54 Å². The maximum absolute atomic E-state index is 10.7. The first-order valence-electron chi connectivity index (χ1n) is 5.04. The van der Waals surface area contributed by atoms with Crippen LogP contribution in [-0.2, 0) is 6.54 Å². The van der Waals surface area contributed by atoms with Crippen LogP contribution in [0, 0.1) is 0 Å². The fraction of sp³-hybridized carbons (Fsp3) is 0.0769. The molecule has 80 valence electrons. The number of hydrogen-bond donors (Lipinski definition) is 1. The lowest BCUT2D eigenvalue weighted by Gasteiger charge is -2.06. The molecule has 0 bridgehead atoms. The number of carbonyl (C=O) groups excluding carboxylic acids is 1. The summed E-state index contributed by atoms with van der Waals surface area (Å²) in [7, 11) is 0. The smallest absolute Gasteiger partial charge is 0.150 e. The summed E-state index contributed by atoms with van der Waals surface area (Å²) in [5, 5.41) is 0. The van der Waals surface area contributed by atoms with E-state index in [9.17, 15) is 4.79 Å². The van der Waals surface area contributed by atoms with E-state index in [1.165, 1.54) is 0 Å². The molecule has 0 fully saturated rings. The molecular formula is C13H12N2O. The molecule has 0 atom stereocenters. The molecule has 0 saturated heterocycles. The van der Waals surface area contributed by atoms with Gasteiger partial charge in [-0.2, -0.15) is 0 Å². The Bertz CT molecular complexity index is 509. The topological polar surface area (TPSA) is 56.0 Å². The standard InChI is InChI=1S/C13H12N2O/c14-8-11-3-1-2-4-12(11)13-7-10(9-16)5-6-15-13/h1-7,9H,8,14H2. The molecule has 0 spiro atoms. The minimum absolute atomic E-state index is 0.461. The lowest BCUT2D eigenvalue weighted by molar-refractivity contribution is 0.112. The van der Waals surface area contributed by atoms with Crippen LogP contribution in [0.5, 0.6) is 0 Å². The largest absolute Gasteiger partial charge is 0.326 e. The van der Waals surface area contributed by atoms with Crippen LogP contribution in [0.15, 0.2) is 42.6 Å². The third kappa shape index (κ3) is 1.99. The molecule has 0 saturated carbocycles. The molecular weight excluding hydrogens is 200 g/mol. The van der Waals surface area contributed by atoms with E-state index in [4.69, 9.17) is 5.73 Å². The number of aldehydes is 1. The number of nitrogens with zero attached hydrogens (tertiary/aromatic N) is 1. The monoisotopic (exact) mass is 212 g/mol. The van der Waals surface area contributed by atoms with Crippen LogP contribution in [0.4, 0.5) is 0 Å². The van der Waals surface area contributed by atoms with E-state index in [1.807, 2.05) is 24.3 Å². The molecule has 16 heavy (non-hydrogen) atoms. The molecule has 2 rings (SSSR count). The fourth-order valence-electron chi connectivity index (χ4n) is 1.62. The van der Waals surface area contributed by atoms with E-state index in [2.05, 4.69) is 4.98 Å². The van der Waals surface area contributed by atoms with E-state index in [1.54, 1.807) is 18.3 Å². The van der Waals surface area contributed by atoms with Gasteiger partial charge in [-0.15, -0.1) is 0 Å². The summed E-state index contributed by atoms with van der Waals surface area (Å²) < 4.78 is 0. The summed E-state index contributed by atoms with van der Waals surface area (Å²) in [4.78, 5) is 14.9. The Kier molecular flexibility index (Phi) is 3.08. The van der Waals surface area contributed by atoms with Gasteiger partial charge >= 0.3 is 0 Å². The van der Waals surface area contributed by atoms with Gasteiger partial charge in [0.15, 0.2) is 0 Å². The number of hydrogen-bond acceptors (Lipinski definition) is 3. The first-order chi connectivity index (χ1) is 7.85. The van der Waals surface area contributed by atoms with Crippen LogP contribution in [-0.4, -0.2) is 11.3 Å². The Morgan fingerprint density at radius 2 is 2.06 bits per heavy atom. The molecule has 1 aromatic carbocycles. The number of nitrogens with two attached hydrogens (primary N) is 1. The minimum atomic E-state index is 0.461. The Balaban J connectivity index is 2.53. The third-order valence-electron chi connectivity index (χ3n) is 2.43. The van der Waals surface area contributed by atoms with Gasteiger partial charge in [-0.3, -0.25) is 9.78 Å². The van der Waals surface area contributed by atoms with Crippen molar-refractivity contribution in [1.82, 2.24) is 4.98 Å². The molecule has 2 aromatic rings. The summed E-state index contributed by atoms with van der Waals surface area (Å²) in [6.45, 7) is 0.461. The van der Waals surface area contributed by atoms with E-state index < -0.39 is 0 Å². The van der Waals surface area contributed by atoms with Crippen LogP contribution >= 0.6 is 0 Å². The van der Waals surface area contributed by atoms with Crippen molar-refractivity contribution in [2.75, 3.05) is 0 Å². The van der Waals surface area contributed by atoms with Crippen molar-refractivity contribution in [1.29, 1.82) is 0 Å². The van der Waals surface area contributed by atoms with Crippen molar-refractivity contribution in [3.8, 4) is 11.3 Å².